The molecule has 1 saturated carbocycles. The van der Waals surface area contributed by atoms with Crippen molar-refractivity contribution in [3.63, 3.8) is 0 Å². The summed E-state index contributed by atoms with van der Waals surface area (Å²) in [6.07, 6.45) is 11.8. The molecular weight excluding hydrogens is 540 g/mol. The van der Waals surface area contributed by atoms with E-state index in [4.69, 9.17) is 9.72 Å². The SMILES string of the molecule is COc1ccc(CN2C3CC2CN(c2ccc(-c4cc(-c5ccc(C6(O)CC6)cn5)cn5ncc(C#N)c45)cn2)C3)cn1. The Morgan fingerprint density at radius 2 is 1.84 bits per heavy atom. The topological polar surface area (TPSA) is 116 Å². The standard InChI is InChI=1S/C33H30N8O2/c1-43-31-7-2-21(13-37-31)17-40-26-11-27(40)20-39(19-26)30-6-3-22(14-36-30)28-10-23(18-41-32(28)24(12-34)15-38-41)29-5-4-25(16-35-29)33(42)8-9-33/h2-7,10,13-16,18,26-27,42H,8-9,11,17,19-20H2,1H3. The van der Waals surface area contributed by atoms with Crippen LogP contribution in [0.15, 0.2) is 73.4 Å². The zero-order chi connectivity index (χ0) is 29.1. The van der Waals surface area contributed by atoms with Gasteiger partial charge in [0.15, 0.2) is 0 Å². The van der Waals surface area contributed by atoms with Gasteiger partial charge in [-0.3, -0.25) is 9.88 Å². The fourth-order valence-corrected chi connectivity index (χ4v) is 6.51. The number of methoxy groups -OCH3 is 1. The second kappa shape index (κ2) is 9.87. The first kappa shape index (κ1) is 25.8. The monoisotopic (exact) mass is 570 g/mol. The van der Waals surface area contributed by atoms with Gasteiger partial charge in [-0.1, -0.05) is 12.1 Å². The van der Waals surface area contributed by atoms with E-state index in [9.17, 15) is 10.4 Å². The molecule has 10 heteroatoms. The smallest absolute Gasteiger partial charge is 0.212 e. The normalized spacial score (nSPS) is 20.4. The number of pyridine rings is 4. The van der Waals surface area contributed by atoms with Gasteiger partial charge in [-0.2, -0.15) is 10.4 Å². The van der Waals surface area contributed by atoms with Gasteiger partial charge in [0.2, 0.25) is 5.88 Å². The maximum Gasteiger partial charge on any atom is 0.212 e. The van der Waals surface area contributed by atoms with Crippen LogP contribution in [0.25, 0.3) is 27.9 Å². The lowest BCUT2D eigenvalue weighted by Crippen LogP contribution is -2.68. The number of aromatic nitrogens is 5. The molecule has 4 aliphatic rings. The van der Waals surface area contributed by atoms with Gasteiger partial charge >= 0.3 is 0 Å². The molecule has 0 spiro atoms. The Morgan fingerprint density at radius 3 is 2.49 bits per heavy atom. The maximum absolute atomic E-state index is 10.4. The molecule has 1 N–H and O–H groups in total. The van der Waals surface area contributed by atoms with Crippen molar-refractivity contribution < 1.29 is 9.84 Å². The van der Waals surface area contributed by atoms with Crippen LogP contribution in [0.5, 0.6) is 5.88 Å². The molecule has 10 nitrogen and oxygen atoms in total. The van der Waals surface area contributed by atoms with E-state index < -0.39 is 5.60 Å². The molecule has 0 aromatic carbocycles. The summed E-state index contributed by atoms with van der Waals surface area (Å²) in [5, 5.41) is 24.7. The summed E-state index contributed by atoms with van der Waals surface area (Å²) in [5.41, 5.74) is 6.00. The molecule has 0 radical (unpaired) electrons. The highest BCUT2D eigenvalue weighted by Crippen LogP contribution is 2.45. The molecule has 43 heavy (non-hydrogen) atoms. The molecule has 5 aromatic rings. The van der Waals surface area contributed by atoms with Crippen LogP contribution in [0.1, 0.15) is 36.0 Å². The first-order valence-corrected chi connectivity index (χ1v) is 14.6. The number of anilines is 1. The molecule has 214 valence electrons. The van der Waals surface area contributed by atoms with Crippen LogP contribution in [0.4, 0.5) is 5.82 Å². The van der Waals surface area contributed by atoms with Crippen molar-refractivity contribution in [1.82, 2.24) is 29.5 Å². The van der Waals surface area contributed by atoms with Gasteiger partial charge < -0.3 is 14.7 Å². The number of piperazine rings is 1. The van der Waals surface area contributed by atoms with Gasteiger partial charge in [0.25, 0.3) is 0 Å². The van der Waals surface area contributed by atoms with Crippen LogP contribution in [-0.2, 0) is 12.1 Å². The summed E-state index contributed by atoms with van der Waals surface area (Å²) in [7, 11) is 1.63. The van der Waals surface area contributed by atoms with Crippen LogP contribution in [0.2, 0.25) is 0 Å². The molecule has 2 atom stereocenters. The minimum Gasteiger partial charge on any atom is -0.481 e. The number of aliphatic hydroxyl groups is 1. The van der Waals surface area contributed by atoms with E-state index in [1.54, 1.807) is 24.0 Å². The number of hydrogen-bond acceptors (Lipinski definition) is 9. The highest BCUT2D eigenvalue weighted by molar-refractivity contribution is 5.87. The molecule has 3 aliphatic heterocycles. The van der Waals surface area contributed by atoms with Gasteiger partial charge in [0.05, 0.1) is 35.7 Å². The molecule has 2 bridgehead atoms. The Hall–Kier alpha value is -4.85. The predicted octanol–water partition coefficient (Wildman–Crippen LogP) is 4.18. The van der Waals surface area contributed by atoms with Crippen molar-refractivity contribution in [2.45, 2.75) is 43.5 Å². The molecule has 4 fully saturated rings. The minimum absolute atomic E-state index is 0.489. The van der Waals surface area contributed by atoms with Gasteiger partial charge in [0.1, 0.15) is 11.9 Å². The Morgan fingerprint density at radius 1 is 0.977 bits per heavy atom. The largest absolute Gasteiger partial charge is 0.481 e. The van der Waals surface area contributed by atoms with Crippen LogP contribution in [0, 0.1) is 11.3 Å². The van der Waals surface area contributed by atoms with Gasteiger partial charge in [0, 0.05) is 84.8 Å². The quantitative estimate of drug-likeness (QED) is 0.308. The summed E-state index contributed by atoms with van der Waals surface area (Å²) >= 11 is 0. The lowest BCUT2D eigenvalue weighted by atomic mass is 9.87. The van der Waals surface area contributed by atoms with E-state index in [0.29, 0.717) is 23.5 Å². The number of ether oxygens (including phenoxy) is 1. The lowest BCUT2D eigenvalue weighted by molar-refractivity contribution is -0.00876. The summed E-state index contributed by atoms with van der Waals surface area (Å²) in [6.45, 7) is 2.76. The van der Waals surface area contributed by atoms with Crippen molar-refractivity contribution in [2.24, 2.45) is 0 Å². The number of nitrogens with zero attached hydrogens (tertiary/aromatic N) is 8. The fraction of sp³-hybridized carbons (Fsp3) is 0.303. The molecule has 0 amide bonds. The first-order chi connectivity index (χ1) is 21.0. The number of piperidine rings is 1. The van der Waals surface area contributed by atoms with Crippen molar-refractivity contribution >= 4 is 11.3 Å². The molecule has 3 saturated heterocycles. The second-order valence-electron chi connectivity index (χ2n) is 11.8. The average Bonchev–Trinajstić information content (AvgIpc) is 3.68. The molecule has 2 unspecified atom stereocenters. The van der Waals surface area contributed by atoms with Crippen molar-refractivity contribution in [3.05, 3.63) is 90.1 Å². The van der Waals surface area contributed by atoms with Crippen molar-refractivity contribution in [2.75, 3.05) is 25.1 Å². The van der Waals surface area contributed by atoms with Crippen LogP contribution >= 0.6 is 0 Å². The van der Waals surface area contributed by atoms with E-state index in [0.717, 1.165) is 71.8 Å². The zero-order valence-corrected chi connectivity index (χ0v) is 23.8. The second-order valence-corrected chi connectivity index (χ2v) is 11.8. The number of hydrogen-bond donors (Lipinski definition) is 1. The third-order valence-corrected chi connectivity index (χ3v) is 9.15. The Balaban J connectivity index is 1.04. The Bertz CT molecular complexity index is 1850. The molecule has 9 rings (SSSR count). The Labute approximate surface area is 248 Å². The minimum atomic E-state index is -0.723. The van der Waals surface area contributed by atoms with Crippen LogP contribution < -0.4 is 9.64 Å². The third-order valence-electron chi connectivity index (χ3n) is 9.15. The van der Waals surface area contributed by atoms with Gasteiger partial charge in [-0.25, -0.2) is 14.5 Å². The third kappa shape index (κ3) is 4.49. The van der Waals surface area contributed by atoms with Gasteiger partial charge in [-0.15, -0.1) is 0 Å². The van der Waals surface area contributed by atoms with E-state index in [-0.39, 0.29) is 0 Å². The summed E-state index contributed by atoms with van der Waals surface area (Å²) in [5.74, 6) is 1.60. The van der Waals surface area contributed by atoms with E-state index >= 15 is 0 Å². The fourth-order valence-electron chi connectivity index (χ4n) is 6.51. The number of nitriles is 1. The predicted molar refractivity (Wildman–Crippen MR) is 160 cm³/mol. The lowest BCUT2D eigenvalue weighted by Gasteiger charge is -2.56. The molecular formula is C33H30N8O2. The van der Waals surface area contributed by atoms with Crippen molar-refractivity contribution in [3.8, 4) is 34.3 Å². The van der Waals surface area contributed by atoms with E-state index in [2.05, 4.69) is 49.1 Å². The zero-order valence-electron chi connectivity index (χ0n) is 23.8. The molecule has 5 aromatic heterocycles. The highest BCUT2D eigenvalue weighted by atomic mass is 16.5. The molecule has 1 aliphatic carbocycles. The first-order valence-electron chi connectivity index (χ1n) is 14.6. The van der Waals surface area contributed by atoms with Crippen LogP contribution in [0.3, 0.4) is 0 Å². The van der Waals surface area contributed by atoms with E-state index in [1.807, 2.05) is 42.9 Å². The van der Waals surface area contributed by atoms with E-state index in [1.165, 1.54) is 12.0 Å². The molecule has 8 heterocycles. The summed E-state index contributed by atoms with van der Waals surface area (Å²) in [6, 6.07) is 17.3. The van der Waals surface area contributed by atoms with Crippen LogP contribution in [-0.4, -0.2) is 66.9 Å². The van der Waals surface area contributed by atoms with Crippen molar-refractivity contribution in [1.29, 1.82) is 5.26 Å². The summed E-state index contributed by atoms with van der Waals surface area (Å²) in [4.78, 5) is 18.8. The summed E-state index contributed by atoms with van der Waals surface area (Å²) < 4.78 is 6.93. The highest BCUT2D eigenvalue weighted by Gasteiger charge is 2.45. The van der Waals surface area contributed by atoms with Gasteiger partial charge in [-0.05, 0) is 49.1 Å². The average molecular weight is 571 g/mol. The number of fused-ring (bicyclic) bond motifs is 3. The maximum atomic E-state index is 10.4. The number of rotatable bonds is 7. The Kier molecular flexibility index (Phi) is 5.93.